The van der Waals surface area contributed by atoms with Crippen LogP contribution >= 0.6 is 0 Å². The van der Waals surface area contributed by atoms with Gasteiger partial charge in [0.05, 0.1) is 6.61 Å². The Morgan fingerprint density at radius 2 is 1.21 bits per heavy atom. The average molecular weight is 389 g/mol. The van der Waals surface area contributed by atoms with Gasteiger partial charge in [-0.05, 0) is 79.1 Å². The average Bonchev–Trinajstić information content (AvgIpc) is 2.71. The van der Waals surface area contributed by atoms with Crippen molar-refractivity contribution in [3.63, 3.8) is 0 Å². The summed E-state index contributed by atoms with van der Waals surface area (Å²) in [6.45, 7) is 11.5. The Kier molecular flexibility index (Phi) is 5.10. The van der Waals surface area contributed by atoms with Crippen LogP contribution in [0.3, 0.4) is 0 Å². The van der Waals surface area contributed by atoms with Gasteiger partial charge in [0, 0.05) is 11.1 Å². The Balaban J connectivity index is 2.07. The predicted octanol–water partition coefficient (Wildman–Crippen LogP) is 5.83. The monoisotopic (exact) mass is 388 g/mol. The highest BCUT2D eigenvalue weighted by Crippen LogP contribution is 2.50. The third-order valence-corrected chi connectivity index (χ3v) is 6.08. The molecule has 0 aromatic heterocycles. The van der Waals surface area contributed by atoms with Crippen LogP contribution in [-0.4, -0.2) is 18.3 Å². The van der Waals surface area contributed by atoms with Gasteiger partial charge in [-0.15, -0.1) is 0 Å². The number of aryl methyl sites for hydroxylation is 4. The SMILES string of the molecule is Cc1ccc(-c2c(C)c(-c3ccc(C)c(C)c3)c3c(c2CO)OCCO3)cc1C. The molecule has 0 saturated heterocycles. The molecular formula is C26H28O3. The first-order valence-corrected chi connectivity index (χ1v) is 10.1. The van der Waals surface area contributed by atoms with E-state index in [4.69, 9.17) is 9.47 Å². The number of hydrogen-bond donors (Lipinski definition) is 1. The summed E-state index contributed by atoms with van der Waals surface area (Å²) in [4.78, 5) is 0. The number of aliphatic hydroxyl groups excluding tert-OH is 1. The molecule has 0 atom stereocenters. The van der Waals surface area contributed by atoms with Crippen LogP contribution in [0.2, 0.25) is 0 Å². The summed E-state index contributed by atoms with van der Waals surface area (Å²) in [7, 11) is 0. The van der Waals surface area contributed by atoms with Crippen LogP contribution in [0.1, 0.15) is 33.4 Å². The molecule has 0 aliphatic carbocycles. The minimum Gasteiger partial charge on any atom is -0.486 e. The van der Waals surface area contributed by atoms with Gasteiger partial charge in [-0.1, -0.05) is 36.4 Å². The quantitative estimate of drug-likeness (QED) is 0.614. The van der Waals surface area contributed by atoms with Gasteiger partial charge < -0.3 is 14.6 Å². The fourth-order valence-corrected chi connectivity index (χ4v) is 4.15. The lowest BCUT2D eigenvalue weighted by molar-refractivity contribution is 0.166. The van der Waals surface area contributed by atoms with Gasteiger partial charge in [-0.25, -0.2) is 0 Å². The molecule has 4 rings (SSSR count). The van der Waals surface area contributed by atoms with Crippen molar-refractivity contribution in [3.8, 4) is 33.8 Å². The summed E-state index contributed by atoms with van der Waals surface area (Å²) in [6, 6.07) is 13.0. The molecule has 3 aromatic rings. The van der Waals surface area contributed by atoms with E-state index in [1.54, 1.807) is 0 Å². The molecule has 29 heavy (non-hydrogen) atoms. The topological polar surface area (TPSA) is 38.7 Å². The Morgan fingerprint density at radius 1 is 0.690 bits per heavy atom. The molecule has 0 unspecified atom stereocenters. The minimum absolute atomic E-state index is 0.0952. The second-order valence-electron chi connectivity index (χ2n) is 7.96. The first-order valence-electron chi connectivity index (χ1n) is 10.1. The number of fused-ring (bicyclic) bond motifs is 1. The smallest absolute Gasteiger partial charge is 0.169 e. The van der Waals surface area contributed by atoms with Gasteiger partial charge in [-0.3, -0.25) is 0 Å². The van der Waals surface area contributed by atoms with Crippen molar-refractivity contribution in [2.75, 3.05) is 13.2 Å². The Morgan fingerprint density at radius 3 is 1.72 bits per heavy atom. The maximum absolute atomic E-state index is 10.3. The highest BCUT2D eigenvalue weighted by atomic mass is 16.6. The zero-order chi connectivity index (χ0) is 20.7. The molecule has 1 aliphatic rings. The molecule has 1 heterocycles. The van der Waals surface area contributed by atoms with Gasteiger partial charge >= 0.3 is 0 Å². The second-order valence-corrected chi connectivity index (χ2v) is 7.96. The number of aliphatic hydroxyl groups is 1. The van der Waals surface area contributed by atoms with Crippen LogP contribution in [0, 0.1) is 34.6 Å². The third kappa shape index (κ3) is 3.30. The van der Waals surface area contributed by atoms with Gasteiger partial charge in [0.15, 0.2) is 11.5 Å². The van der Waals surface area contributed by atoms with E-state index in [2.05, 4.69) is 71.0 Å². The lowest BCUT2D eigenvalue weighted by Gasteiger charge is -2.28. The first kappa shape index (κ1) is 19.5. The van der Waals surface area contributed by atoms with Crippen LogP contribution in [0.25, 0.3) is 22.3 Å². The molecule has 0 saturated carbocycles. The fourth-order valence-electron chi connectivity index (χ4n) is 4.15. The molecule has 0 bridgehead atoms. The Labute approximate surface area is 172 Å². The molecule has 3 aromatic carbocycles. The molecule has 1 N–H and O–H groups in total. The Bertz CT molecular complexity index is 1020. The van der Waals surface area contributed by atoms with Crippen LogP contribution in [0.5, 0.6) is 11.5 Å². The molecule has 150 valence electrons. The Hall–Kier alpha value is -2.78. The third-order valence-electron chi connectivity index (χ3n) is 6.08. The van der Waals surface area contributed by atoms with Crippen molar-refractivity contribution in [2.24, 2.45) is 0 Å². The lowest BCUT2D eigenvalue weighted by Crippen LogP contribution is -2.18. The molecule has 0 spiro atoms. The second kappa shape index (κ2) is 7.57. The van der Waals surface area contributed by atoms with E-state index in [0.29, 0.717) is 19.0 Å². The predicted molar refractivity (Wildman–Crippen MR) is 118 cm³/mol. The minimum atomic E-state index is -0.0952. The van der Waals surface area contributed by atoms with Crippen LogP contribution in [0.15, 0.2) is 36.4 Å². The number of ether oxygens (including phenoxy) is 2. The van der Waals surface area contributed by atoms with Crippen molar-refractivity contribution in [1.29, 1.82) is 0 Å². The van der Waals surface area contributed by atoms with E-state index in [1.165, 1.54) is 22.3 Å². The van der Waals surface area contributed by atoms with Crippen molar-refractivity contribution in [2.45, 2.75) is 41.2 Å². The van der Waals surface area contributed by atoms with Gasteiger partial charge in [0.2, 0.25) is 0 Å². The van der Waals surface area contributed by atoms with Gasteiger partial charge in [0.1, 0.15) is 13.2 Å². The largest absolute Gasteiger partial charge is 0.486 e. The number of hydrogen-bond acceptors (Lipinski definition) is 3. The van der Waals surface area contributed by atoms with Crippen molar-refractivity contribution < 1.29 is 14.6 Å². The molecule has 0 radical (unpaired) electrons. The number of rotatable bonds is 3. The van der Waals surface area contributed by atoms with E-state index in [1.807, 2.05) is 0 Å². The maximum atomic E-state index is 10.3. The fraction of sp³-hybridized carbons (Fsp3) is 0.308. The summed E-state index contributed by atoms with van der Waals surface area (Å²) in [5, 5.41) is 10.3. The van der Waals surface area contributed by atoms with Gasteiger partial charge in [0.25, 0.3) is 0 Å². The standard InChI is InChI=1S/C26H28O3/c1-15-6-8-20(12-17(15)3)23-19(5)24(21-9-7-16(2)18(4)13-21)26-25(22(23)14-27)28-10-11-29-26/h6-9,12-13,27H,10-11,14H2,1-5H3. The van der Waals surface area contributed by atoms with Crippen LogP contribution in [0.4, 0.5) is 0 Å². The summed E-state index contributed by atoms with van der Waals surface area (Å²) in [6.07, 6.45) is 0. The van der Waals surface area contributed by atoms with Crippen LogP contribution in [-0.2, 0) is 6.61 Å². The lowest BCUT2D eigenvalue weighted by atomic mass is 9.86. The molecule has 0 fully saturated rings. The first-order chi connectivity index (χ1) is 13.9. The summed E-state index contributed by atoms with van der Waals surface area (Å²) >= 11 is 0. The van der Waals surface area contributed by atoms with Crippen LogP contribution < -0.4 is 9.47 Å². The van der Waals surface area contributed by atoms with Crippen molar-refractivity contribution in [3.05, 3.63) is 69.8 Å². The number of benzene rings is 3. The summed E-state index contributed by atoms with van der Waals surface area (Å²) in [5.74, 6) is 1.42. The normalized spacial score (nSPS) is 12.9. The molecule has 3 nitrogen and oxygen atoms in total. The van der Waals surface area contributed by atoms with E-state index >= 15 is 0 Å². The highest BCUT2D eigenvalue weighted by Gasteiger charge is 2.28. The molecule has 3 heteroatoms. The van der Waals surface area contributed by atoms with E-state index in [0.717, 1.165) is 39.1 Å². The van der Waals surface area contributed by atoms with E-state index < -0.39 is 0 Å². The van der Waals surface area contributed by atoms with Gasteiger partial charge in [-0.2, -0.15) is 0 Å². The molecule has 0 amide bonds. The van der Waals surface area contributed by atoms with E-state index in [-0.39, 0.29) is 6.61 Å². The van der Waals surface area contributed by atoms with Crippen molar-refractivity contribution >= 4 is 0 Å². The summed E-state index contributed by atoms with van der Waals surface area (Å²) < 4.78 is 12.1. The zero-order valence-corrected chi connectivity index (χ0v) is 17.8. The van der Waals surface area contributed by atoms with Crippen molar-refractivity contribution in [1.82, 2.24) is 0 Å². The zero-order valence-electron chi connectivity index (χ0n) is 17.8. The maximum Gasteiger partial charge on any atom is 0.169 e. The molecular weight excluding hydrogens is 360 g/mol. The highest BCUT2D eigenvalue weighted by molar-refractivity contribution is 5.88. The van der Waals surface area contributed by atoms with E-state index in [9.17, 15) is 5.11 Å². The molecule has 1 aliphatic heterocycles. The summed E-state index contributed by atoms with van der Waals surface area (Å²) in [5.41, 5.74) is 11.2.